The summed E-state index contributed by atoms with van der Waals surface area (Å²) in [7, 11) is 0. The third kappa shape index (κ3) is 2.32. The molecule has 0 unspecified atom stereocenters. The lowest BCUT2D eigenvalue weighted by Crippen LogP contribution is -2.60. The normalized spacial score (nSPS) is 25.8. The lowest BCUT2D eigenvalue weighted by atomic mass is 9.92. The molecule has 10 heteroatoms. The minimum Gasteiger partial charge on any atom is -0.477 e. The maximum atomic E-state index is 12.0. The minimum atomic E-state index is -1.13. The number of nitrogens with zero attached hydrogens (tertiary/aromatic N) is 3. The lowest BCUT2D eigenvalue weighted by molar-refractivity contribution is -0.156. The van der Waals surface area contributed by atoms with Gasteiger partial charge in [-0.25, -0.2) is 9.78 Å². The van der Waals surface area contributed by atoms with Crippen LogP contribution in [0.1, 0.15) is 6.92 Å². The van der Waals surface area contributed by atoms with Crippen molar-refractivity contribution in [3.63, 3.8) is 0 Å². The van der Waals surface area contributed by atoms with E-state index >= 15 is 0 Å². The molecule has 2 aliphatic heterocycles. The molecule has 0 bridgehead atoms. The van der Waals surface area contributed by atoms with Crippen molar-refractivity contribution in [3.05, 3.63) is 16.9 Å². The summed E-state index contributed by atoms with van der Waals surface area (Å²) in [6.45, 7) is 1.54. The Balaban J connectivity index is 1.79. The van der Waals surface area contributed by atoms with Crippen molar-refractivity contribution < 1.29 is 19.8 Å². The molecule has 1 fully saturated rings. The predicted molar refractivity (Wildman–Crippen MR) is 75.2 cm³/mol. The van der Waals surface area contributed by atoms with Gasteiger partial charge in [-0.05, 0) is 6.92 Å². The second kappa shape index (κ2) is 5.35. The van der Waals surface area contributed by atoms with E-state index in [1.807, 2.05) is 0 Å². The maximum Gasteiger partial charge on any atom is 0.353 e. The Labute approximate surface area is 128 Å². The first-order valence-corrected chi connectivity index (χ1v) is 7.99. The second-order valence-corrected chi connectivity index (χ2v) is 6.81. The van der Waals surface area contributed by atoms with E-state index in [0.717, 1.165) is 0 Å². The van der Waals surface area contributed by atoms with Crippen molar-refractivity contribution in [2.75, 3.05) is 5.75 Å². The fraction of sp³-hybridized carbons (Fsp3) is 0.455. The van der Waals surface area contributed by atoms with Crippen LogP contribution in [0.3, 0.4) is 0 Å². The molecule has 3 atom stereocenters. The predicted octanol–water partition coefficient (Wildman–Crippen LogP) is 0.105. The van der Waals surface area contributed by atoms with Crippen LogP contribution in [0.25, 0.3) is 0 Å². The van der Waals surface area contributed by atoms with Gasteiger partial charge < -0.3 is 10.2 Å². The summed E-state index contributed by atoms with van der Waals surface area (Å²) in [6, 6.07) is 0. The van der Waals surface area contributed by atoms with Gasteiger partial charge in [0.2, 0.25) is 5.91 Å². The topological polar surface area (TPSA) is 119 Å². The van der Waals surface area contributed by atoms with Crippen LogP contribution in [0, 0.1) is 5.92 Å². The molecular formula is C11H12N4O4S2. The van der Waals surface area contributed by atoms with Crippen LogP contribution in [0.4, 0.5) is 0 Å². The Hall–Kier alpha value is -1.52. The average molecular weight is 328 g/mol. The Morgan fingerprint density at radius 3 is 3.00 bits per heavy atom. The number of carboxylic acids is 1. The Morgan fingerprint density at radius 1 is 1.67 bits per heavy atom. The maximum absolute atomic E-state index is 12.0. The van der Waals surface area contributed by atoms with E-state index in [4.69, 9.17) is 0 Å². The lowest BCUT2D eigenvalue weighted by Gasteiger charge is -2.43. The molecule has 1 saturated heterocycles. The Morgan fingerprint density at radius 2 is 2.43 bits per heavy atom. The van der Waals surface area contributed by atoms with Crippen LogP contribution >= 0.6 is 23.5 Å². The zero-order valence-electron chi connectivity index (χ0n) is 10.9. The van der Waals surface area contributed by atoms with Gasteiger partial charge >= 0.3 is 5.97 Å². The fourth-order valence-electron chi connectivity index (χ4n) is 2.35. The van der Waals surface area contributed by atoms with E-state index in [1.165, 1.54) is 34.8 Å². The van der Waals surface area contributed by atoms with Crippen molar-refractivity contribution in [1.29, 1.82) is 0 Å². The smallest absolute Gasteiger partial charge is 0.353 e. The number of H-pyrrole nitrogens is 1. The highest BCUT2D eigenvalue weighted by Crippen LogP contribution is 2.51. The largest absolute Gasteiger partial charge is 0.477 e. The number of carboxylic acid groups (broad SMARTS) is 1. The zero-order chi connectivity index (χ0) is 15.1. The van der Waals surface area contributed by atoms with E-state index in [2.05, 4.69) is 15.2 Å². The molecule has 1 aromatic rings. The van der Waals surface area contributed by atoms with Gasteiger partial charge in [0.15, 0.2) is 5.16 Å². The summed E-state index contributed by atoms with van der Waals surface area (Å²) in [6.07, 6.45) is 0.583. The van der Waals surface area contributed by atoms with E-state index in [1.54, 1.807) is 6.92 Å². The molecule has 3 heterocycles. The fourth-order valence-corrected chi connectivity index (χ4v) is 4.84. The van der Waals surface area contributed by atoms with E-state index in [9.17, 15) is 19.8 Å². The quantitative estimate of drug-likeness (QED) is 0.514. The monoisotopic (exact) mass is 328 g/mol. The van der Waals surface area contributed by atoms with Gasteiger partial charge in [-0.15, -0.1) is 11.8 Å². The van der Waals surface area contributed by atoms with Gasteiger partial charge in [-0.1, -0.05) is 11.8 Å². The number of thioether (sulfide) groups is 2. The number of hydrogen-bond donors (Lipinski definition) is 3. The number of aromatic nitrogens is 3. The summed E-state index contributed by atoms with van der Waals surface area (Å²) in [5.74, 6) is -1.62. The molecule has 0 spiro atoms. The number of carbonyl (C=O) groups excluding carboxylic acids is 1. The molecule has 3 rings (SSSR count). The third-order valence-corrected chi connectivity index (χ3v) is 5.76. The summed E-state index contributed by atoms with van der Waals surface area (Å²) >= 11 is 2.64. The van der Waals surface area contributed by atoms with Gasteiger partial charge in [-0.2, -0.15) is 5.10 Å². The number of fused-ring (bicyclic) bond motifs is 1. The van der Waals surface area contributed by atoms with E-state index < -0.39 is 18.0 Å². The van der Waals surface area contributed by atoms with Gasteiger partial charge in [0.05, 0.1) is 12.0 Å². The van der Waals surface area contributed by atoms with Crippen LogP contribution in [0.2, 0.25) is 0 Å². The van der Waals surface area contributed by atoms with Crippen molar-refractivity contribution in [3.8, 4) is 0 Å². The van der Waals surface area contributed by atoms with Crippen LogP contribution in [0.5, 0.6) is 0 Å². The summed E-state index contributed by atoms with van der Waals surface area (Å²) < 4.78 is 0. The van der Waals surface area contributed by atoms with E-state index in [-0.39, 0.29) is 17.0 Å². The Kier molecular flexibility index (Phi) is 3.68. The van der Waals surface area contributed by atoms with E-state index in [0.29, 0.717) is 15.8 Å². The van der Waals surface area contributed by atoms with Crippen molar-refractivity contribution >= 4 is 35.4 Å². The first-order valence-electron chi connectivity index (χ1n) is 6.13. The number of aromatic amines is 1. The summed E-state index contributed by atoms with van der Waals surface area (Å²) in [5.41, 5.74) is 0.0129. The van der Waals surface area contributed by atoms with Crippen LogP contribution in [0.15, 0.2) is 22.1 Å². The number of aliphatic hydroxyl groups excluding tert-OH is 1. The highest BCUT2D eigenvalue weighted by Gasteiger charge is 2.57. The van der Waals surface area contributed by atoms with Crippen LogP contribution in [-0.4, -0.2) is 59.4 Å². The number of β-lactam (4-membered cyclic amide) rings is 1. The number of carbonyl (C=O) groups is 2. The highest BCUT2D eigenvalue weighted by atomic mass is 32.2. The summed E-state index contributed by atoms with van der Waals surface area (Å²) in [4.78, 5) is 29.2. The molecule has 3 N–H and O–H groups in total. The molecule has 0 aliphatic carbocycles. The van der Waals surface area contributed by atoms with Crippen LogP contribution < -0.4 is 0 Å². The number of aliphatic carboxylic acids is 1. The standard InChI is InChI=1S/C11H12N4O4S2/c1-4(16)6-8(17)15-7(10(18)19)5(21-9(6)15)2-20-11-12-3-13-14-11/h3-4,6,9,16H,2H2,1H3,(H,18,19)(H,12,13,14)/t4-,6+,9-/m1/s1. The van der Waals surface area contributed by atoms with Crippen LogP contribution in [-0.2, 0) is 9.59 Å². The van der Waals surface area contributed by atoms with Gasteiger partial charge in [0.25, 0.3) is 0 Å². The first kappa shape index (κ1) is 14.4. The number of rotatable bonds is 5. The number of amides is 1. The first-order chi connectivity index (χ1) is 10.0. The van der Waals surface area contributed by atoms with Gasteiger partial charge in [0.1, 0.15) is 17.4 Å². The van der Waals surface area contributed by atoms with Gasteiger partial charge in [0, 0.05) is 10.7 Å². The van der Waals surface area contributed by atoms with Crippen molar-refractivity contribution in [2.24, 2.45) is 5.92 Å². The third-order valence-electron chi connectivity index (χ3n) is 3.31. The molecule has 0 aromatic carbocycles. The number of nitrogens with one attached hydrogen (secondary N) is 1. The molecule has 8 nitrogen and oxygen atoms in total. The zero-order valence-corrected chi connectivity index (χ0v) is 12.5. The molecule has 1 aromatic heterocycles. The molecule has 21 heavy (non-hydrogen) atoms. The molecule has 2 aliphatic rings. The molecular weight excluding hydrogens is 316 g/mol. The Bertz CT molecular complexity index is 616. The van der Waals surface area contributed by atoms with Crippen molar-refractivity contribution in [2.45, 2.75) is 23.6 Å². The minimum absolute atomic E-state index is 0.0129. The SMILES string of the molecule is C[C@@H](O)[C@H]1C(=O)N2C(C(=O)O)=C(CSc3ncn[nH]3)S[C@H]12. The molecule has 0 saturated carbocycles. The number of aliphatic hydroxyl groups is 1. The number of hydrogen-bond acceptors (Lipinski definition) is 7. The molecule has 1 amide bonds. The second-order valence-electron chi connectivity index (χ2n) is 4.64. The average Bonchev–Trinajstić information content (AvgIpc) is 3.01. The molecule has 112 valence electrons. The highest BCUT2D eigenvalue weighted by molar-refractivity contribution is 8.06. The molecule has 0 radical (unpaired) electrons. The summed E-state index contributed by atoms with van der Waals surface area (Å²) in [5, 5.41) is 25.6. The van der Waals surface area contributed by atoms with Gasteiger partial charge in [-0.3, -0.25) is 14.8 Å². The van der Waals surface area contributed by atoms with Crippen molar-refractivity contribution in [1.82, 2.24) is 20.1 Å².